The Morgan fingerprint density at radius 3 is 2.87 bits per heavy atom. The second-order valence-electron chi connectivity index (χ2n) is 6.77. The van der Waals surface area contributed by atoms with Gasteiger partial charge in [-0.15, -0.1) is 10.2 Å². The molecule has 4 aromatic rings. The average Bonchev–Trinajstić information content (AvgIpc) is 3.22. The van der Waals surface area contributed by atoms with Crippen molar-refractivity contribution < 1.29 is 9.53 Å². The lowest BCUT2D eigenvalue weighted by Gasteiger charge is -2.08. The number of H-pyrrole nitrogens is 1. The maximum absolute atomic E-state index is 12.4. The Kier molecular flexibility index (Phi) is 6.01. The number of benzene rings is 2. The van der Waals surface area contributed by atoms with Crippen LogP contribution in [0.1, 0.15) is 27.3 Å². The van der Waals surface area contributed by atoms with Gasteiger partial charge in [0.2, 0.25) is 5.13 Å². The minimum absolute atomic E-state index is 0.258. The number of carbonyl (C=O) groups excluding carboxylic acids is 1. The summed E-state index contributed by atoms with van der Waals surface area (Å²) < 4.78 is 5.48. The monoisotopic (exact) mass is 453 g/mol. The number of methoxy groups -OCH3 is 1. The average molecular weight is 454 g/mol. The van der Waals surface area contributed by atoms with E-state index in [1.54, 1.807) is 18.2 Å². The third-order valence-electron chi connectivity index (χ3n) is 4.76. The fraction of sp³-hybridized carbons (Fsp3) is 0.190. The van der Waals surface area contributed by atoms with Gasteiger partial charge in [0.25, 0.3) is 5.56 Å². The third-order valence-corrected chi connectivity index (χ3v) is 6.74. The molecule has 31 heavy (non-hydrogen) atoms. The van der Waals surface area contributed by atoms with Crippen LogP contribution in [0.2, 0.25) is 0 Å². The van der Waals surface area contributed by atoms with Crippen molar-refractivity contribution in [1.82, 2.24) is 20.2 Å². The summed E-state index contributed by atoms with van der Waals surface area (Å²) in [6, 6.07) is 10.7. The van der Waals surface area contributed by atoms with Crippen molar-refractivity contribution in [1.29, 1.82) is 0 Å². The number of aryl methyl sites for hydroxylation is 1. The number of aromatic nitrogens is 4. The summed E-state index contributed by atoms with van der Waals surface area (Å²) in [5.41, 5.74) is 3.89. The van der Waals surface area contributed by atoms with E-state index < -0.39 is 5.97 Å². The smallest absolute Gasteiger partial charge is 0.337 e. The molecule has 0 saturated heterocycles. The van der Waals surface area contributed by atoms with Crippen LogP contribution >= 0.6 is 23.1 Å². The molecule has 0 amide bonds. The van der Waals surface area contributed by atoms with Gasteiger partial charge in [-0.1, -0.05) is 35.2 Å². The molecule has 0 unspecified atom stereocenters. The van der Waals surface area contributed by atoms with Gasteiger partial charge < -0.3 is 15.0 Å². The van der Waals surface area contributed by atoms with Crippen molar-refractivity contribution in [3.8, 4) is 0 Å². The van der Waals surface area contributed by atoms with Gasteiger partial charge in [-0.2, -0.15) is 0 Å². The molecular weight excluding hydrogens is 434 g/mol. The van der Waals surface area contributed by atoms with Crippen molar-refractivity contribution in [2.75, 3.05) is 12.4 Å². The first-order valence-electron chi connectivity index (χ1n) is 9.35. The van der Waals surface area contributed by atoms with Crippen LogP contribution in [-0.2, 0) is 10.5 Å². The number of rotatable bonds is 6. The highest BCUT2D eigenvalue weighted by Gasteiger charge is 2.12. The Morgan fingerprint density at radius 2 is 2.06 bits per heavy atom. The van der Waals surface area contributed by atoms with Crippen molar-refractivity contribution in [3.63, 3.8) is 0 Å². The number of hydrogen-bond acceptors (Lipinski definition) is 9. The molecule has 4 rings (SSSR count). The molecule has 8 nitrogen and oxygen atoms in total. The number of anilines is 2. The number of ether oxygens (including phenoxy) is 1. The van der Waals surface area contributed by atoms with Crippen LogP contribution in [0.25, 0.3) is 10.9 Å². The molecule has 0 saturated carbocycles. The fourth-order valence-corrected chi connectivity index (χ4v) is 4.59. The van der Waals surface area contributed by atoms with E-state index in [9.17, 15) is 9.59 Å². The lowest BCUT2D eigenvalue weighted by atomic mass is 10.1. The summed E-state index contributed by atoms with van der Waals surface area (Å²) in [6.45, 7) is 4.12. The van der Waals surface area contributed by atoms with E-state index in [4.69, 9.17) is 4.74 Å². The number of esters is 1. The summed E-state index contributed by atoms with van der Waals surface area (Å²) in [6.07, 6.45) is 0. The molecule has 0 aliphatic carbocycles. The lowest BCUT2D eigenvalue weighted by Crippen LogP contribution is -2.12. The molecule has 10 heteroatoms. The Bertz CT molecular complexity index is 1330. The van der Waals surface area contributed by atoms with Crippen LogP contribution in [0.3, 0.4) is 0 Å². The maximum atomic E-state index is 12.4. The predicted molar refractivity (Wildman–Crippen MR) is 122 cm³/mol. The van der Waals surface area contributed by atoms with Crippen molar-refractivity contribution in [3.05, 3.63) is 69.3 Å². The number of thioether (sulfide) groups is 1. The second kappa shape index (κ2) is 8.86. The molecule has 0 bridgehead atoms. The van der Waals surface area contributed by atoms with Crippen molar-refractivity contribution >= 4 is 50.8 Å². The van der Waals surface area contributed by atoms with Gasteiger partial charge in [0.05, 0.1) is 29.3 Å². The fourth-order valence-electron chi connectivity index (χ4n) is 2.95. The first-order chi connectivity index (χ1) is 14.9. The normalized spacial score (nSPS) is 10.9. The largest absolute Gasteiger partial charge is 0.465 e. The molecule has 2 N–H and O–H groups in total. The van der Waals surface area contributed by atoms with Crippen LogP contribution in [0, 0.1) is 13.8 Å². The van der Waals surface area contributed by atoms with Gasteiger partial charge >= 0.3 is 5.97 Å². The zero-order valence-electron chi connectivity index (χ0n) is 17.1. The SMILES string of the molecule is COC(=O)c1ccc2c(=O)[nH]c(CSc3nnc(Nc4cccc(C)c4C)s3)nc2c1. The van der Waals surface area contributed by atoms with E-state index in [2.05, 4.69) is 45.4 Å². The topological polar surface area (TPSA) is 110 Å². The summed E-state index contributed by atoms with van der Waals surface area (Å²) >= 11 is 2.85. The molecule has 0 atom stereocenters. The van der Waals surface area contributed by atoms with Crippen LogP contribution in [0.5, 0.6) is 0 Å². The van der Waals surface area contributed by atoms with E-state index >= 15 is 0 Å². The molecule has 2 heterocycles. The zero-order chi connectivity index (χ0) is 22.0. The Labute approximate surface area is 186 Å². The zero-order valence-corrected chi connectivity index (χ0v) is 18.7. The van der Waals surface area contributed by atoms with Crippen molar-refractivity contribution in [2.45, 2.75) is 23.9 Å². The quantitative estimate of drug-likeness (QED) is 0.330. The maximum Gasteiger partial charge on any atom is 0.337 e. The highest BCUT2D eigenvalue weighted by atomic mass is 32.2. The summed E-state index contributed by atoms with van der Waals surface area (Å²) in [4.78, 5) is 31.4. The van der Waals surface area contributed by atoms with Gasteiger partial charge in [-0.3, -0.25) is 4.79 Å². The Hall–Kier alpha value is -3.24. The molecule has 0 radical (unpaired) electrons. The highest BCUT2D eigenvalue weighted by molar-refractivity contribution is 8.00. The first-order valence-corrected chi connectivity index (χ1v) is 11.2. The van der Waals surface area contributed by atoms with Gasteiger partial charge in [-0.05, 0) is 49.2 Å². The second-order valence-corrected chi connectivity index (χ2v) is 8.97. The van der Waals surface area contributed by atoms with E-state index in [-0.39, 0.29) is 5.56 Å². The molecule has 2 aromatic heterocycles. The summed E-state index contributed by atoms with van der Waals surface area (Å²) in [5.74, 6) is 0.424. The lowest BCUT2D eigenvalue weighted by molar-refractivity contribution is 0.0601. The number of aromatic amines is 1. The van der Waals surface area contributed by atoms with E-state index in [0.29, 0.717) is 33.2 Å². The van der Waals surface area contributed by atoms with Gasteiger partial charge in [0.15, 0.2) is 4.34 Å². The molecule has 0 aliphatic rings. The number of hydrogen-bond donors (Lipinski definition) is 2. The highest BCUT2D eigenvalue weighted by Crippen LogP contribution is 2.30. The predicted octanol–water partition coefficient (Wildman–Crippen LogP) is 4.21. The molecule has 2 aromatic carbocycles. The van der Waals surface area contributed by atoms with Crippen LogP contribution in [0.15, 0.2) is 45.5 Å². The first kappa shape index (κ1) is 21.0. The van der Waals surface area contributed by atoms with E-state index in [1.807, 2.05) is 12.1 Å². The van der Waals surface area contributed by atoms with Crippen LogP contribution < -0.4 is 10.9 Å². The standard InChI is InChI=1S/C21H19N5O3S2/c1-11-5-4-6-15(12(11)2)23-20-25-26-21(31-20)30-10-17-22-16-9-13(19(28)29-3)7-8-14(16)18(27)24-17/h4-9H,10H2,1-3H3,(H,23,25)(H,22,24,27). The molecule has 0 spiro atoms. The van der Waals surface area contributed by atoms with E-state index in [1.165, 1.54) is 35.8 Å². The minimum atomic E-state index is -0.474. The molecular formula is C21H19N5O3S2. The molecule has 0 fully saturated rings. The number of nitrogens with one attached hydrogen (secondary N) is 2. The van der Waals surface area contributed by atoms with Crippen LogP contribution in [0.4, 0.5) is 10.8 Å². The Morgan fingerprint density at radius 1 is 1.23 bits per heavy atom. The number of nitrogens with zero attached hydrogens (tertiary/aromatic N) is 3. The number of fused-ring (bicyclic) bond motifs is 1. The Balaban J connectivity index is 1.49. The van der Waals surface area contributed by atoms with Gasteiger partial charge in [0, 0.05) is 5.69 Å². The molecule has 0 aliphatic heterocycles. The van der Waals surface area contributed by atoms with Crippen molar-refractivity contribution in [2.24, 2.45) is 0 Å². The van der Waals surface area contributed by atoms with Gasteiger partial charge in [-0.25, -0.2) is 9.78 Å². The summed E-state index contributed by atoms with van der Waals surface area (Å²) in [7, 11) is 1.31. The molecule has 158 valence electrons. The number of carbonyl (C=O) groups is 1. The van der Waals surface area contributed by atoms with Crippen LogP contribution in [-0.4, -0.2) is 33.2 Å². The summed E-state index contributed by atoms with van der Waals surface area (Å²) in [5, 5.41) is 12.8. The minimum Gasteiger partial charge on any atom is -0.465 e. The third kappa shape index (κ3) is 4.59. The van der Waals surface area contributed by atoms with Gasteiger partial charge in [0.1, 0.15) is 5.82 Å². The van der Waals surface area contributed by atoms with E-state index in [0.717, 1.165) is 15.6 Å².